The standard InChI is InChI=1S/C25H33NO4/c1-2-3-8-15-28-17-18-29-16-9-14-26-25(27)30-19-24-22-12-6-4-10-20(22)21-11-5-7-13-23(21)24/h4-7,10-13,24H,2-3,8-9,14-19H2,1H3,(H,26,27). The number of benzene rings is 2. The zero-order chi connectivity index (χ0) is 21.0. The third-order valence-electron chi connectivity index (χ3n) is 5.34. The van der Waals surface area contributed by atoms with Crippen LogP contribution in [-0.4, -0.2) is 45.7 Å². The lowest BCUT2D eigenvalue weighted by atomic mass is 9.98. The minimum absolute atomic E-state index is 0.0869. The van der Waals surface area contributed by atoms with Gasteiger partial charge in [-0.05, 0) is 35.1 Å². The normalized spacial score (nSPS) is 12.4. The van der Waals surface area contributed by atoms with Gasteiger partial charge in [0.05, 0.1) is 13.2 Å². The van der Waals surface area contributed by atoms with Gasteiger partial charge in [0.2, 0.25) is 0 Å². The second-order valence-corrected chi connectivity index (χ2v) is 7.54. The number of rotatable bonds is 13. The average Bonchev–Trinajstić information content (AvgIpc) is 3.10. The summed E-state index contributed by atoms with van der Waals surface area (Å²) >= 11 is 0. The molecule has 0 heterocycles. The molecule has 2 aromatic carbocycles. The highest BCUT2D eigenvalue weighted by molar-refractivity contribution is 5.79. The maximum absolute atomic E-state index is 12.1. The number of carbonyl (C=O) groups excluding carboxylic acids is 1. The summed E-state index contributed by atoms with van der Waals surface area (Å²) in [5, 5.41) is 2.81. The molecule has 0 bridgehead atoms. The molecule has 0 atom stereocenters. The predicted octanol–water partition coefficient (Wildman–Crippen LogP) is 5.14. The van der Waals surface area contributed by atoms with Crippen molar-refractivity contribution in [3.63, 3.8) is 0 Å². The fraction of sp³-hybridized carbons (Fsp3) is 0.480. The molecule has 5 heteroatoms. The van der Waals surface area contributed by atoms with Crippen LogP contribution in [-0.2, 0) is 14.2 Å². The first-order valence-corrected chi connectivity index (χ1v) is 11.1. The molecule has 1 amide bonds. The largest absolute Gasteiger partial charge is 0.449 e. The smallest absolute Gasteiger partial charge is 0.407 e. The van der Waals surface area contributed by atoms with Gasteiger partial charge < -0.3 is 19.5 Å². The molecule has 0 unspecified atom stereocenters. The molecule has 30 heavy (non-hydrogen) atoms. The molecule has 5 nitrogen and oxygen atoms in total. The van der Waals surface area contributed by atoms with Crippen LogP contribution >= 0.6 is 0 Å². The Morgan fingerprint density at radius 3 is 2.07 bits per heavy atom. The number of amides is 1. The van der Waals surface area contributed by atoms with E-state index in [1.54, 1.807) is 0 Å². The van der Waals surface area contributed by atoms with Gasteiger partial charge in [0, 0.05) is 25.7 Å². The molecule has 0 fully saturated rings. The van der Waals surface area contributed by atoms with E-state index in [0.717, 1.165) is 19.4 Å². The van der Waals surface area contributed by atoms with Crippen molar-refractivity contribution < 1.29 is 19.0 Å². The lowest BCUT2D eigenvalue weighted by Crippen LogP contribution is -2.27. The fourth-order valence-electron chi connectivity index (χ4n) is 3.79. The fourth-order valence-corrected chi connectivity index (χ4v) is 3.79. The van der Waals surface area contributed by atoms with E-state index in [9.17, 15) is 4.79 Å². The van der Waals surface area contributed by atoms with Crippen LogP contribution in [0.5, 0.6) is 0 Å². The van der Waals surface area contributed by atoms with Crippen molar-refractivity contribution in [1.82, 2.24) is 5.32 Å². The number of fused-ring (bicyclic) bond motifs is 3. The highest BCUT2D eigenvalue weighted by atomic mass is 16.5. The molecule has 0 saturated carbocycles. The summed E-state index contributed by atoms with van der Waals surface area (Å²) in [4.78, 5) is 12.1. The van der Waals surface area contributed by atoms with E-state index in [2.05, 4.69) is 36.5 Å². The summed E-state index contributed by atoms with van der Waals surface area (Å²) < 4.78 is 16.5. The Kier molecular flexibility index (Phi) is 9.19. The van der Waals surface area contributed by atoms with E-state index in [-0.39, 0.29) is 12.0 Å². The Hall–Kier alpha value is -2.37. The molecule has 1 N–H and O–H groups in total. The third-order valence-corrected chi connectivity index (χ3v) is 5.34. The van der Waals surface area contributed by atoms with Gasteiger partial charge in [-0.15, -0.1) is 0 Å². The molecule has 0 aliphatic heterocycles. The van der Waals surface area contributed by atoms with Crippen LogP contribution in [0.2, 0.25) is 0 Å². The predicted molar refractivity (Wildman–Crippen MR) is 119 cm³/mol. The Labute approximate surface area is 179 Å². The number of alkyl carbamates (subject to hydrolysis) is 1. The van der Waals surface area contributed by atoms with Crippen LogP contribution < -0.4 is 5.32 Å². The van der Waals surface area contributed by atoms with Gasteiger partial charge in [-0.25, -0.2) is 4.79 Å². The van der Waals surface area contributed by atoms with Crippen molar-refractivity contribution in [2.45, 2.75) is 38.5 Å². The van der Waals surface area contributed by atoms with E-state index in [4.69, 9.17) is 14.2 Å². The molecule has 0 saturated heterocycles. The molecule has 0 spiro atoms. The molecule has 0 aromatic heterocycles. The maximum atomic E-state index is 12.1. The van der Waals surface area contributed by atoms with Crippen molar-refractivity contribution in [3.8, 4) is 11.1 Å². The van der Waals surface area contributed by atoms with E-state index >= 15 is 0 Å². The minimum atomic E-state index is -0.379. The zero-order valence-electron chi connectivity index (χ0n) is 17.9. The second-order valence-electron chi connectivity index (χ2n) is 7.54. The maximum Gasteiger partial charge on any atom is 0.407 e. The number of hydrogen-bond acceptors (Lipinski definition) is 4. The van der Waals surface area contributed by atoms with Crippen molar-refractivity contribution in [3.05, 3.63) is 59.7 Å². The van der Waals surface area contributed by atoms with Gasteiger partial charge in [-0.2, -0.15) is 0 Å². The van der Waals surface area contributed by atoms with Crippen molar-refractivity contribution in [2.75, 3.05) is 39.6 Å². The topological polar surface area (TPSA) is 56.8 Å². The van der Waals surface area contributed by atoms with Crippen LogP contribution in [0.3, 0.4) is 0 Å². The van der Waals surface area contributed by atoms with Crippen LogP contribution in [0.1, 0.15) is 49.7 Å². The summed E-state index contributed by atoms with van der Waals surface area (Å²) in [5.74, 6) is 0.0869. The molecule has 162 valence electrons. The first-order valence-electron chi connectivity index (χ1n) is 11.1. The second kappa shape index (κ2) is 12.4. The van der Waals surface area contributed by atoms with E-state index in [1.807, 2.05) is 24.3 Å². The minimum Gasteiger partial charge on any atom is -0.449 e. The zero-order valence-corrected chi connectivity index (χ0v) is 17.9. The molecule has 1 aliphatic rings. The Balaban J connectivity index is 1.30. The molecule has 0 radical (unpaired) electrons. The van der Waals surface area contributed by atoms with Crippen LogP contribution in [0.15, 0.2) is 48.5 Å². The van der Waals surface area contributed by atoms with E-state index < -0.39 is 0 Å². The third kappa shape index (κ3) is 6.31. The summed E-state index contributed by atoms with van der Waals surface area (Å²) in [5.41, 5.74) is 4.90. The lowest BCUT2D eigenvalue weighted by molar-refractivity contribution is 0.0455. The summed E-state index contributed by atoms with van der Waals surface area (Å²) in [7, 11) is 0. The van der Waals surface area contributed by atoms with Gasteiger partial charge in [0.15, 0.2) is 0 Å². The SMILES string of the molecule is CCCCCOCCOCCCNC(=O)OCC1c2ccccc2-c2ccccc21. The first kappa shape index (κ1) is 22.3. The van der Waals surface area contributed by atoms with Gasteiger partial charge in [-0.3, -0.25) is 0 Å². The number of hydrogen-bond donors (Lipinski definition) is 1. The summed E-state index contributed by atoms with van der Waals surface area (Å²) in [6.45, 7) is 5.68. The molecule has 2 aromatic rings. The highest BCUT2D eigenvalue weighted by Crippen LogP contribution is 2.44. The molecular formula is C25H33NO4. The van der Waals surface area contributed by atoms with Gasteiger partial charge in [-0.1, -0.05) is 68.3 Å². The van der Waals surface area contributed by atoms with E-state index in [1.165, 1.54) is 35.1 Å². The summed E-state index contributed by atoms with van der Waals surface area (Å²) in [6.07, 6.45) is 3.90. The van der Waals surface area contributed by atoms with Gasteiger partial charge >= 0.3 is 6.09 Å². The average molecular weight is 412 g/mol. The number of nitrogens with one attached hydrogen (secondary N) is 1. The van der Waals surface area contributed by atoms with Crippen LogP contribution in [0.25, 0.3) is 11.1 Å². The van der Waals surface area contributed by atoms with E-state index in [0.29, 0.717) is 33.0 Å². The number of ether oxygens (including phenoxy) is 3. The van der Waals surface area contributed by atoms with Crippen LogP contribution in [0.4, 0.5) is 4.79 Å². The van der Waals surface area contributed by atoms with Crippen molar-refractivity contribution >= 4 is 6.09 Å². The first-order chi connectivity index (χ1) is 14.8. The molecule has 1 aliphatic carbocycles. The molecular weight excluding hydrogens is 378 g/mol. The quantitative estimate of drug-likeness (QED) is 0.464. The Morgan fingerprint density at radius 2 is 1.43 bits per heavy atom. The van der Waals surface area contributed by atoms with Crippen molar-refractivity contribution in [2.24, 2.45) is 0 Å². The molecule has 3 rings (SSSR count). The Morgan fingerprint density at radius 1 is 0.833 bits per heavy atom. The lowest BCUT2D eigenvalue weighted by Gasteiger charge is -2.14. The monoisotopic (exact) mass is 411 g/mol. The highest BCUT2D eigenvalue weighted by Gasteiger charge is 2.28. The number of carbonyl (C=O) groups is 1. The Bertz CT molecular complexity index is 747. The van der Waals surface area contributed by atoms with Gasteiger partial charge in [0.1, 0.15) is 6.61 Å². The van der Waals surface area contributed by atoms with Gasteiger partial charge in [0.25, 0.3) is 0 Å². The van der Waals surface area contributed by atoms with Crippen LogP contribution in [0, 0.1) is 0 Å². The number of unbranched alkanes of at least 4 members (excludes halogenated alkanes) is 2. The summed E-state index contributed by atoms with van der Waals surface area (Å²) in [6, 6.07) is 16.7. The van der Waals surface area contributed by atoms with Crippen molar-refractivity contribution in [1.29, 1.82) is 0 Å².